The zero-order valence-corrected chi connectivity index (χ0v) is 17.9. The fourth-order valence-electron chi connectivity index (χ4n) is 3.38. The standard InChI is InChI=1S/C26H21FO7/c27-21-22(33-24(29)18-12-6-2-7-13-18)20(16-31-23(28)17-10-4-1-5-11-17)32-26(21)34-25(30)19-14-8-3-9-15-19/h1-15,20-22,26H,16H2/t20?,21-,22?,26?/m0/s1. The van der Waals surface area contributed by atoms with Gasteiger partial charge in [0, 0.05) is 0 Å². The van der Waals surface area contributed by atoms with Gasteiger partial charge in [0.05, 0.1) is 16.7 Å². The molecular weight excluding hydrogens is 443 g/mol. The highest BCUT2D eigenvalue weighted by Gasteiger charge is 2.50. The van der Waals surface area contributed by atoms with E-state index in [1.807, 2.05) is 0 Å². The third-order valence-electron chi connectivity index (χ3n) is 5.12. The minimum Gasteiger partial charge on any atom is -0.459 e. The van der Waals surface area contributed by atoms with Gasteiger partial charge in [0.1, 0.15) is 12.7 Å². The molecular formula is C26H21FO7. The van der Waals surface area contributed by atoms with Crippen LogP contribution in [0.25, 0.3) is 0 Å². The topological polar surface area (TPSA) is 88.1 Å². The molecule has 1 aliphatic heterocycles. The number of esters is 3. The van der Waals surface area contributed by atoms with Crippen molar-refractivity contribution < 1.29 is 37.7 Å². The van der Waals surface area contributed by atoms with Crippen molar-refractivity contribution in [1.82, 2.24) is 0 Å². The van der Waals surface area contributed by atoms with E-state index in [0.717, 1.165) is 0 Å². The van der Waals surface area contributed by atoms with Crippen LogP contribution in [0.2, 0.25) is 0 Å². The second-order valence-corrected chi connectivity index (χ2v) is 7.46. The van der Waals surface area contributed by atoms with Gasteiger partial charge in [-0.3, -0.25) is 0 Å². The summed E-state index contributed by atoms with van der Waals surface area (Å²) in [6, 6.07) is 24.2. The predicted octanol–water partition coefficient (Wildman–Crippen LogP) is 3.99. The van der Waals surface area contributed by atoms with Crippen LogP contribution < -0.4 is 0 Å². The maximum Gasteiger partial charge on any atom is 0.340 e. The largest absolute Gasteiger partial charge is 0.459 e. The van der Waals surface area contributed by atoms with Gasteiger partial charge >= 0.3 is 17.9 Å². The average molecular weight is 464 g/mol. The molecule has 0 radical (unpaired) electrons. The van der Waals surface area contributed by atoms with Gasteiger partial charge < -0.3 is 18.9 Å². The van der Waals surface area contributed by atoms with Crippen LogP contribution in [0.15, 0.2) is 91.0 Å². The molecule has 174 valence electrons. The van der Waals surface area contributed by atoms with E-state index in [0.29, 0.717) is 5.56 Å². The molecule has 0 amide bonds. The number of hydrogen-bond acceptors (Lipinski definition) is 7. The smallest absolute Gasteiger partial charge is 0.340 e. The van der Waals surface area contributed by atoms with Crippen molar-refractivity contribution in [1.29, 1.82) is 0 Å². The van der Waals surface area contributed by atoms with Crippen LogP contribution >= 0.6 is 0 Å². The van der Waals surface area contributed by atoms with Gasteiger partial charge in [0.2, 0.25) is 12.5 Å². The Morgan fingerprint density at radius 3 is 1.62 bits per heavy atom. The number of carbonyl (C=O) groups excluding carboxylic acids is 3. The minimum atomic E-state index is -2.00. The van der Waals surface area contributed by atoms with E-state index in [9.17, 15) is 14.4 Å². The quantitative estimate of drug-likeness (QED) is 0.386. The SMILES string of the molecule is O=C(OCC1OC(OC(=O)c2ccccc2)[C@@H](F)C1OC(=O)c1ccccc1)c1ccccc1. The van der Waals surface area contributed by atoms with Crippen LogP contribution in [0.1, 0.15) is 31.1 Å². The van der Waals surface area contributed by atoms with Crippen LogP contribution in [0, 0.1) is 0 Å². The van der Waals surface area contributed by atoms with Gasteiger partial charge in [-0.2, -0.15) is 0 Å². The summed E-state index contributed by atoms with van der Waals surface area (Å²) in [6.45, 7) is -0.416. The Bertz CT molecular complexity index is 1120. The maximum absolute atomic E-state index is 15.3. The van der Waals surface area contributed by atoms with Crippen LogP contribution in [-0.2, 0) is 18.9 Å². The Balaban J connectivity index is 1.47. The summed E-state index contributed by atoms with van der Waals surface area (Å²) in [4.78, 5) is 37.2. The number of benzene rings is 3. The van der Waals surface area contributed by atoms with Gasteiger partial charge in [0.15, 0.2) is 6.10 Å². The molecule has 0 bridgehead atoms. The lowest BCUT2D eigenvalue weighted by Crippen LogP contribution is -2.37. The number of alkyl halides is 1. The first kappa shape index (κ1) is 23.1. The monoisotopic (exact) mass is 464 g/mol. The number of ether oxygens (including phenoxy) is 4. The van der Waals surface area contributed by atoms with Gasteiger partial charge in [0.25, 0.3) is 0 Å². The lowest BCUT2D eigenvalue weighted by atomic mass is 10.1. The second-order valence-electron chi connectivity index (χ2n) is 7.46. The predicted molar refractivity (Wildman–Crippen MR) is 118 cm³/mol. The van der Waals surface area contributed by atoms with Crippen molar-refractivity contribution in [2.24, 2.45) is 0 Å². The van der Waals surface area contributed by atoms with Crippen LogP contribution in [0.4, 0.5) is 4.39 Å². The molecule has 8 heteroatoms. The number of rotatable bonds is 7. The molecule has 3 unspecified atom stereocenters. The zero-order chi connectivity index (χ0) is 23.9. The van der Waals surface area contributed by atoms with Crippen molar-refractivity contribution in [3.05, 3.63) is 108 Å². The van der Waals surface area contributed by atoms with Gasteiger partial charge in [-0.1, -0.05) is 54.6 Å². The molecule has 0 aromatic heterocycles. The zero-order valence-electron chi connectivity index (χ0n) is 17.9. The Labute approximate surface area is 195 Å². The normalized spacial score (nSPS) is 21.4. The summed E-state index contributed by atoms with van der Waals surface area (Å²) >= 11 is 0. The summed E-state index contributed by atoms with van der Waals surface area (Å²) in [6.07, 6.45) is -6.31. The molecule has 4 atom stereocenters. The van der Waals surface area contributed by atoms with Gasteiger partial charge in [-0.05, 0) is 36.4 Å². The summed E-state index contributed by atoms with van der Waals surface area (Å²) in [5.74, 6) is -2.24. The maximum atomic E-state index is 15.3. The summed E-state index contributed by atoms with van der Waals surface area (Å²) in [7, 11) is 0. The van der Waals surface area contributed by atoms with E-state index in [2.05, 4.69) is 0 Å². The molecule has 1 saturated heterocycles. The lowest BCUT2D eigenvalue weighted by molar-refractivity contribution is -0.129. The molecule has 34 heavy (non-hydrogen) atoms. The van der Waals surface area contributed by atoms with E-state index in [-0.39, 0.29) is 11.1 Å². The fraction of sp³-hybridized carbons (Fsp3) is 0.192. The molecule has 0 aliphatic carbocycles. The van der Waals surface area contributed by atoms with Crippen molar-refractivity contribution in [2.45, 2.75) is 24.7 Å². The van der Waals surface area contributed by atoms with Crippen LogP contribution in [-0.4, -0.2) is 49.2 Å². The second kappa shape index (κ2) is 10.7. The first-order valence-corrected chi connectivity index (χ1v) is 10.6. The third kappa shape index (κ3) is 5.47. The Hall–Kier alpha value is -4.04. The Kier molecular flexibility index (Phi) is 7.29. The van der Waals surface area contributed by atoms with Crippen molar-refractivity contribution >= 4 is 17.9 Å². The van der Waals surface area contributed by atoms with E-state index < -0.39 is 49.2 Å². The van der Waals surface area contributed by atoms with E-state index >= 15 is 4.39 Å². The Morgan fingerprint density at radius 2 is 1.12 bits per heavy atom. The van der Waals surface area contributed by atoms with Gasteiger partial charge in [-0.25, -0.2) is 18.8 Å². The number of halogens is 1. The fourth-order valence-corrected chi connectivity index (χ4v) is 3.38. The molecule has 3 aromatic rings. The van der Waals surface area contributed by atoms with E-state index in [1.165, 1.54) is 24.3 Å². The van der Waals surface area contributed by atoms with Crippen LogP contribution in [0.3, 0.4) is 0 Å². The lowest BCUT2D eigenvalue weighted by Gasteiger charge is -2.19. The average Bonchev–Trinajstić information content (AvgIpc) is 3.17. The van der Waals surface area contributed by atoms with Crippen molar-refractivity contribution in [3.63, 3.8) is 0 Å². The molecule has 0 N–H and O–H groups in total. The molecule has 0 saturated carbocycles. The molecule has 1 aliphatic rings. The minimum absolute atomic E-state index is 0.204. The Morgan fingerprint density at radius 1 is 0.676 bits per heavy atom. The van der Waals surface area contributed by atoms with Crippen LogP contribution in [0.5, 0.6) is 0 Å². The molecule has 3 aromatic carbocycles. The highest BCUT2D eigenvalue weighted by molar-refractivity contribution is 5.90. The number of hydrogen-bond donors (Lipinski definition) is 0. The molecule has 0 spiro atoms. The summed E-state index contributed by atoms with van der Waals surface area (Å²) in [5, 5.41) is 0. The molecule has 4 rings (SSSR count). The summed E-state index contributed by atoms with van der Waals surface area (Å²) < 4.78 is 36.6. The first-order chi connectivity index (χ1) is 16.5. The van der Waals surface area contributed by atoms with Gasteiger partial charge in [-0.15, -0.1) is 0 Å². The van der Waals surface area contributed by atoms with E-state index in [4.69, 9.17) is 18.9 Å². The highest BCUT2D eigenvalue weighted by atomic mass is 19.1. The molecule has 1 fully saturated rings. The first-order valence-electron chi connectivity index (χ1n) is 10.6. The molecule has 7 nitrogen and oxygen atoms in total. The molecule has 1 heterocycles. The van der Waals surface area contributed by atoms with E-state index in [1.54, 1.807) is 66.7 Å². The summed E-state index contributed by atoms with van der Waals surface area (Å²) in [5.41, 5.74) is 0.705. The van der Waals surface area contributed by atoms with Crippen molar-refractivity contribution in [2.75, 3.05) is 6.61 Å². The third-order valence-corrected chi connectivity index (χ3v) is 5.12. The number of carbonyl (C=O) groups is 3. The highest BCUT2D eigenvalue weighted by Crippen LogP contribution is 2.29. The van der Waals surface area contributed by atoms with Crippen molar-refractivity contribution in [3.8, 4) is 0 Å².